The SMILES string of the molecule is N#Cc1ccc(OCCO)cc1[N+](=O)[O-]. The van der Waals surface area contributed by atoms with Crippen LogP contribution >= 0.6 is 0 Å². The van der Waals surface area contributed by atoms with Crippen molar-refractivity contribution < 1.29 is 14.8 Å². The first-order valence-electron chi connectivity index (χ1n) is 4.11. The van der Waals surface area contributed by atoms with E-state index < -0.39 is 4.92 Å². The summed E-state index contributed by atoms with van der Waals surface area (Å²) in [6.07, 6.45) is 0. The molecular formula is C9H8N2O4. The lowest BCUT2D eigenvalue weighted by Crippen LogP contribution is -2.02. The molecule has 0 aliphatic rings. The highest BCUT2D eigenvalue weighted by Crippen LogP contribution is 2.23. The quantitative estimate of drug-likeness (QED) is 0.584. The van der Waals surface area contributed by atoms with Gasteiger partial charge in [0.25, 0.3) is 5.69 Å². The third-order valence-electron chi connectivity index (χ3n) is 1.65. The lowest BCUT2D eigenvalue weighted by Gasteiger charge is -2.03. The normalized spacial score (nSPS) is 9.33. The van der Waals surface area contributed by atoms with E-state index in [2.05, 4.69) is 0 Å². The van der Waals surface area contributed by atoms with E-state index in [0.29, 0.717) is 0 Å². The minimum Gasteiger partial charge on any atom is -0.491 e. The molecule has 0 bridgehead atoms. The van der Waals surface area contributed by atoms with Gasteiger partial charge >= 0.3 is 0 Å². The van der Waals surface area contributed by atoms with Crippen molar-refractivity contribution in [3.05, 3.63) is 33.9 Å². The van der Waals surface area contributed by atoms with E-state index >= 15 is 0 Å². The Bertz CT molecular complexity index is 411. The zero-order chi connectivity index (χ0) is 11.3. The van der Waals surface area contributed by atoms with Gasteiger partial charge in [-0.1, -0.05) is 0 Å². The van der Waals surface area contributed by atoms with Gasteiger partial charge in [-0.3, -0.25) is 10.1 Å². The Hall–Kier alpha value is -2.13. The Labute approximate surface area is 85.5 Å². The first kappa shape index (κ1) is 10.9. The Balaban J connectivity index is 3.01. The summed E-state index contributed by atoms with van der Waals surface area (Å²) in [5, 5.41) is 27.7. The van der Waals surface area contributed by atoms with E-state index in [0.717, 1.165) is 6.07 Å². The molecule has 0 aromatic heterocycles. The van der Waals surface area contributed by atoms with Crippen molar-refractivity contribution in [1.29, 1.82) is 5.26 Å². The number of nitrogens with zero attached hydrogens (tertiary/aromatic N) is 2. The van der Waals surface area contributed by atoms with E-state index in [4.69, 9.17) is 15.1 Å². The standard InChI is InChI=1S/C9H8N2O4/c10-6-7-1-2-8(15-4-3-12)5-9(7)11(13)14/h1-2,5,12H,3-4H2. The lowest BCUT2D eigenvalue weighted by molar-refractivity contribution is -0.385. The monoisotopic (exact) mass is 208 g/mol. The molecular weight excluding hydrogens is 200 g/mol. The van der Waals surface area contributed by atoms with E-state index in [1.165, 1.54) is 12.1 Å². The summed E-state index contributed by atoms with van der Waals surface area (Å²) in [7, 11) is 0. The van der Waals surface area contributed by atoms with Gasteiger partial charge in [-0.15, -0.1) is 0 Å². The Kier molecular flexibility index (Phi) is 3.60. The Morgan fingerprint density at radius 2 is 2.33 bits per heavy atom. The maximum absolute atomic E-state index is 10.6. The van der Waals surface area contributed by atoms with Crippen molar-refractivity contribution in [3.8, 4) is 11.8 Å². The largest absolute Gasteiger partial charge is 0.491 e. The van der Waals surface area contributed by atoms with Gasteiger partial charge in [0.05, 0.1) is 17.6 Å². The van der Waals surface area contributed by atoms with E-state index in [9.17, 15) is 10.1 Å². The minimum absolute atomic E-state index is 0.0173. The second-order valence-electron chi connectivity index (χ2n) is 2.62. The van der Waals surface area contributed by atoms with Gasteiger partial charge < -0.3 is 9.84 Å². The summed E-state index contributed by atoms with van der Waals surface area (Å²) in [4.78, 5) is 9.91. The van der Waals surface area contributed by atoms with E-state index in [1.54, 1.807) is 6.07 Å². The van der Waals surface area contributed by atoms with Gasteiger partial charge in [-0.25, -0.2) is 0 Å². The molecule has 0 atom stereocenters. The predicted molar refractivity (Wildman–Crippen MR) is 50.4 cm³/mol. The molecule has 78 valence electrons. The third-order valence-corrected chi connectivity index (χ3v) is 1.65. The molecule has 0 radical (unpaired) electrons. The van der Waals surface area contributed by atoms with Crippen LogP contribution in [0.15, 0.2) is 18.2 Å². The Morgan fingerprint density at radius 3 is 2.87 bits per heavy atom. The summed E-state index contributed by atoms with van der Waals surface area (Å²) in [5.74, 6) is 0.259. The second kappa shape index (κ2) is 4.93. The minimum atomic E-state index is -0.648. The lowest BCUT2D eigenvalue weighted by atomic mass is 10.2. The molecule has 6 nitrogen and oxygen atoms in total. The zero-order valence-electron chi connectivity index (χ0n) is 7.71. The molecule has 0 aliphatic carbocycles. The molecule has 0 saturated heterocycles. The number of hydrogen-bond acceptors (Lipinski definition) is 5. The van der Waals surface area contributed by atoms with Crippen molar-refractivity contribution in [2.45, 2.75) is 0 Å². The van der Waals surface area contributed by atoms with Crippen LogP contribution in [0.4, 0.5) is 5.69 Å². The number of benzene rings is 1. The fourth-order valence-electron chi connectivity index (χ4n) is 1.01. The van der Waals surface area contributed by atoms with Crippen molar-refractivity contribution in [1.82, 2.24) is 0 Å². The average Bonchev–Trinajstić information content (AvgIpc) is 2.25. The summed E-state index contributed by atoms with van der Waals surface area (Å²) in [6.45, 7) is -0.114. The number of nitro groups is 1. The third kappa shape index (κ3) is 2.65. The smallest absolute Gasteiger partial charge is 0.290 e. The number of rotatable bonds is 4. The van der Waals surface area contributed by atoms with Gasteiger partial charge in [-0.05, 0) is 12.1 Å². The van der Waals surface area contributed by atoms with Gasteiger partial charge in [0.2, 0.25) is 0 Å². The van der Waals surface area contributed by atoms with Crippen LogP contribution in [-0.4, -0.2) is 23.2 Å². The van der Waals surface area contributed by atoms with Crippen LogP contribution in [0.25, 0.3) is 0 Å². The number of aliphatic hydroxyl groups is 1. The van der Waals surface area contributed by atoms with Crippen molar-refractivity contribution in [2.24, 2.45) is 0 Å². The molecule has 0 saturated carbocycles. The van der Waals surface area contributed by atoms with Crippen molar-refractivity contribution >= 4 is 5.69 Å². The second-order valence-corrected chi connectivity index (χ2v) is 2.62. The topological polar surface area (TPSA) is 96.4 Å². The van der Waals surface area contributed by atoms with Crippen LogP contribution in [-0.2, 0) is 0 Å². The molecule has 6 heteroatoms. The maximum atomic E-state index is 10.6. The highest BCUT2D eigenvalue weighted by molar-refractivity contribution is 5.52. The van der Waals surface area contributed by atoms with Crippen molar-refractivity contribution in [2.75, 3.05) is 13.2 Å². The highest BCUT2D eigenvalue weighted by Gasteiger charge is 2.14. The van der Waals surface area contributed by atoms with Gasteiger partial charge in [0, 0.05) is 0 Å². The molecule has 1 aromatic rings. The van der Waals surface area contributed by atoms with Gasteiger partial charge in [0.15, 0.2) is 0 Å². The van der Waals surface area contributed by atoms with Crippen LogP contribution in [0.3, 0.4) is 0 Å². The molecule has 1 aromatic carbocycles. The summed E-state index contributed by atoms with van der Waals surface area (Å²) < 4.78 is 4.98. The molecule has 0 fully saturated rings. The van der Waals surface area contributed by atoms with E-state index in [1.807, 2.05) is 0 Å². The van der Waals surface area contributed by atoms with Crippen LogP contribution in [0.2, 0.25) is 0 Å². The van der Waals surface area contributed by atoms with Crippen LogP contribution < -0.4 is 4.74 Å². The molecule has 0 heterocycles. The summed E-state index contributed by atoms with van der Waals surface area (Å²) in [6, 6.07) is 5.63. The van der Waals surface area contributed by atoms with Crippen LogP contribution in [0.5, 0.6) is 5.75 Å². The number of aliphatic hydroxyl groups excluding tert-OH is 1. The molecule has 1 N–H and O–H groups in total. The molecule has 0 amide bonds. The number of nitriles is 1. The Morgan fingerprint density at radius 1 is 1.60 bits per heavy atom. The van der Waals surface area contributed by atoms with Crippen LogP contribution in [0, 0.1) is 21.4 Å². The van der Waals surface area contributed by atoms with Gasteiger partial charge in [-0.2, -0.15) is 5.26 Å². The highest BCUT2D eigenvalue weighted by atomic mass is 16.6. The molecule has 0 aliphatic heterocycles. The molecule has 1 rings (SSSR count). The van der Waals surface area contributed by atoms with Crippen LogP contribution in [0.1, 0.15) is 5.56 Å². The number of ether oxygens (including phenoxy) is 1. The van der Waals surface area contributed by atoms with Crippen molar-refractivity contribution in [3.63, 3.8) is 0 Å². The fourth-order valence-corrected chi connectivity index (χ4v) is 1.01. The molecule has 0 spiro atoms. The molecule has 0 unspecified atom stereocenters. The number of nitro benzene ring substituents is 1. The predicted octanol–water partition coefficient (Wildman–Crippen LogP) is 0.838. The maximum Gasteiger partial charge on any atom is 0.290 e. The fraction of sp³-hybridized carbons (Fsp3) is 0.222. The summed E-state index contributed by atoms with van der Waals surface area (Å²) in [5.41, 5.74) is -0.315. The average molecular weight is 208 g/mol. The summed E-state index contributed by atoms with van der Waals surface area (Å²) >= 11 is 0. The number of hydrogen-bond donors (Lipinski definition) is 1. The first-order chi connectivity index (χ1) is 7.19. The first-order valence-corrected chi connectivity index (χ1v) is 4.11. The van der Waals surface area contributed by atoms with E-state index in [-0.39, 0.29) is 30.2 Å². The zero-order valence-corrected chi connectivity index (χ0v) is 7.71. The molecule has 15 heavy (non-hydrogen) atoms. The van der Waals surface area contributed by atoms with Gasteiger partial charge in [0.1, 0.15) is 24.0 Å².